The van der Waals surface area contributed by atoms with Gasteiger partial charge in [0.2, 0.25) is 0 Å². The second-order valence-corrected chi connectivity index (χ2v) is 19.1. The van der Waals surface area contributed by atoms with E-state index < -0.39 is 66.3 Å². The van der Waals surface area contributed by atoms with Crippen molar-refractivity contribution in [2.24, 2.45) is 23.7 Å². The van der Waals surface area contributed by atoms with Crippen LogP contribution in [0.1, 0.15) is 122 Å². The molecule has 6 atom stereocenters. The van der Waals surface area contributed by atoms with Crippen LogP contribution in [0.4, 0.5) is 8.78 Å². The van der Waals surface area contributed by atoms with Gasteiger partial charge in [-0.25, -0.2) is 0 Å². The quantitative estimate of drug-likeness (QED) is 0.126. The number of aliphatic hydroxyl groups excluding tert-OH is 2. The first-order valence-electron chi connectivity index (χ1n) is 27.8. The van der Waals surface area contributed by atoms with E-state index in [0.717, 1.165) is 60.3 Å². The highest BCUT2D eigenvalue weighted by Gasteiger charge is 2.40. The summed E-state index contributed by atoms with van der Waals surface area (Å²) in [7, 11) is -1.57. The van der Waals surface area contributed by atoms with Crippen LogP contribution in [0.3, 0.4) is 0 Å². The Labute approximate surface area is 398 Å². The molecule has 4 aliphatic rings. The first-order chi connectivity index (χ1) is 35.1. The van der Waals surface area contributed by atoms with Crippen molar-refractivity contribution in [1.82, 2.24) is 9.80 Å². The van der Waals surface area contributed by atoms with E-state index in [1.165, 1.54) is 38.5 Å². The molecular formula is C50H74F2N2O9S. The van der Waals surface area contributed by atoms with E-state index in [4.69, 9.17) is 35.4 Å². The van der Waals surface area contributed by atoms with Crippen LogP contribution in [0, 0.1) is 30.6 Å². The fraction of sp³-hybridized carbons (Fsp3) is 0.640. The van der Waals surface area contributed by atoms with Crippen molar-refractivity contribution < 1.29 is 67.0 Å². The first kappa shape index (κ1) is 36.6. The van der Waals surface area contributed by atoms with E-state index in [1.807, 2.05) is 0 Å². The highest BCUT2D eigenvalue weighted by atomic mass is 32.2. The molecule has 11 nitrogen and oxygen atoms in total. The van der Waals surface area contributed by atoms with Gasteiger partial charge in [-0.3, -0.25) is 22.8 Å². The fourth-order valence-corrected chi connectivity index (χ4v) is 10.1. The molecule has 64 heavy (non-hydrogen) atoms. The monoisotopic (exact) mass is 927 g/mol. The molecule has 0 bridgehead atoms. The van der Waals surface area contributed by atoms with Crippen molar-refractivity contribution in [3.8, 4) is 23.0 Å². The molecule has 0 saturated carbocycles. The summed E-state index contributed by atoms with van der Waals surface area (Å²) >= 11 is 0. The lowest BCUT2D eigenvalue weighted by atomic mass is 9.79. The molecule has 2 saturated heterocycles. The van der Waals surface area contributed by atoms with Crippen LogP contribution < -0.4 is 18.9 Å². The Kier molecular flexibility index (Phi) is 13.9. The minimum absolute atomic E-state index is 0.0247. The molecule has 358 valence electrons. The molecule has 2 N–H and O–H groups in total. The lowest BCUT2D eigenvalue weighted by Crippen LogP contribution is -2.48. The van der Waals surface area contributed by atoms with E-state index in [0.29, 0.717) is 51.2 Å². The van der Waals surface area contributed by atoms with Crippen LogP contribution >= 0.6 is 0 Å². The van der Waals surface area contributed by atoms with E-state index in [1.54, 1.807) is 31.2 Å². The Morgan fingerprint density at radius 3 is 1.59 bits per heavy atom. The molecule has 0 amide bonds. The maximum Gasteiger partial charge on any atom is 0.296 e. The van der Waals surface area contributed by atoms with Crippen LogP contribution in [0.15, 0.2) is 53.4 Å². The topological polar surface area (TPSA) is 127 Å². The number of ether oxygens (including phenoxy) is 4. The smallest absolute Gasteiger partial charge is 0.296 e. The van der Waals surface area contributed by atoms with Crippen LogP contribution in [-0.2, 0) is 27.1 Å². The van der Waals surface area contributed by atoms with E-state index in [-0.39, 0.29) is 46.9 Å². The van der Waals surface area contributed by atoms with Gasteiger partial charge < -0.3 is 29.2 Å². The zero-order valence-electron chi connectivity index (χ0n) is 50.1. The van der Waals surface area contributed by atoms with Crippen molar-refractivity contribution in [3.05, 3.63) is 76.3 Å². The normalized spacial score (nSPS) is 27.2. The summed E-state index contributed by atoms with van der Waals surface area (Å²) in [6.45, 7) is -0.993. The van der Waals surface area contributed by atoms with Gasteiger partial charge in [0, 0.05) is 56.5 Å². The zero-order valence-corrected chi connectivity index (χ0v) is 38.9. The van der Waals surface area contributed by atoms with Crippen molar-refractivity contribution in [2.75, 3.05) is 73.9 Å². The number of hydrogen-bond donors (Lipinski definition) is 2. The molecule has 4 aliphatic heterocycles. The fourth-order valence-electron chi connectivity index (χ4n) is 9.38. The number of alkyl halides is 2. The average Bonchev–Trinajstić information content (AvgIpc) is 3.31. The summed E-state index contributed by atoms with van der Waals surface area (Å²) in [4.78, 5) is 4.28. The van der Waals surface area contributed by atoms with Gasteiger partial charge in [0.1, 0.15) is 0 Å². The summed E-state index contributed by atoms with van der Waals surface area (Å²) in [6, 6.07) is 11.7. The van der Waals surface area contributed by atoms with Crippen molar-refractivity contribution in [1.29, 1.82) is 0 Å². The predicted molar refractivity (Wildman–Crippen MR) is 247 cm³/mol. The SMILES string of the molecule is C[18F].[2H]C([2H])(Oc1cc2c(cc1OC)[C@H]1C[C@@H](O)[C@H](CC(C)C)CN1CC2)C([2H])([2H])C([2H])([2H])OS(=O)(=O)c1ccc(C)cc1.[2H]C([2H])([18F])C([2H])([2H])C([2H])([2H])Oc1cc2c(cc1OC)[C@H]1C[C@@H](O)[C@H](CC(C)C)CN1CC2. The predicted octanol–water partition coefficient (Wildman–Crippen LogP) is 8.85. The second-order valence-electron chi connectivity index (χ2n) is 17.5. The van der Waals surface area contributed by atoms with Gasteiger partial charge in [-0.05, 0) is 128 Å². The summed E-state index contributed by atoms with van der Waals surface area (Å²) in [5.41, 5.74) is 4.26. The largest absolute Gasteiger partial charge is 0.493 e. The van der Waals surface area contributed by atoms with Gasteiger partial charge in [-0.1, -0.05) is 45.4 Å². The lowest BCUT2D eigenvalue weighted by Gasteiger charge is -2.46. The molecule has 7 rings (SSSR count). The summed E-state index contributed by atoms with van der Waals surface area (Å²) < 4.78 is 169. The number of methoxy groups -OCH3 is 2. The number of aryl methyl sites for hydroxylation is 1. The number of halogens is 2. The number of fused-ring (bicyclic) bond motifs is 6. The minimum atomic E-state index is -4.79. The molecule has 0 radical (unpaired) electrons. The van der Waals surface area contributed by atoms with Crippen LogP contribution in [-0.4, -0.2) is 115 Å². The number of benzene rings is 3. The van der Waals surface area contributed by atoms with Crippen molar-refractivity contribution >= 4 is 10.1 Å². The summed E-state index contributed by atoms with van der Waals surface area (Å²) in [5, 5.41) is 21.6. The van der Waals surface area contributed by atoms with E-state index in [9.17, 15) is 27.4 Å². The van der Waals surface area contributed by atoms with Gasteiger partial charge in [0.25, 0.3) is 10.1 Å². The number of nitrogens with zero attached hydrogens (tertiary/aromatic N) is 2. The van der Waals surface area contributed by atoms with Gasteiger partial charge in [0.15, 0.2) is 23.0 Å². The lowest BCUT2D eigenvalue weighted by molar-refractivity contribution is -0.0192. The molecule has 3 aromatic rings. The van der Waals surface area contributed by atoms with Crippen LogP contribution in [0.2, 0.25) is 0 Å². The van der Waals surface area contributed by atoms with E-state index in [2.05, 4.69) is 41.7 Å². The molecule has 0 aromatic heterocycles. The Bertz CT molecular complexity index is 2560. The molecule has 4 heterocycles. The molecule has 0 unspecified atom stereocenters. The Morgan fingerprint density at radius 2 is 1.17 bits per heavy atom. The van der Waals surface area contributed by atoms with Crippen LogP contribution in [0.5, 0.6) is 23.0 Å². The number of piperidine rings is 2. The van der Waals surface area contributed by atoms with Crippen LogP contribution in [0.25, 0.3) is 0 Å². The highest BCUT2D eigenvalue weighted by molar-refractivity contribution is 7.86. The number of rotatable bonds is 17. The maximum atomic E-state index is 13.7. The third-order valence-corrected chi connectivity index (χ3v) is 13.4. The Balaban J connectivity index is 0.000000281. The average molecular weight is 927 g/mol. The number of hydrogen-bond acceptors (Lipinski definition) is 11. The Hall–Kier alpha value is -3.53. The molecular weight excluding hydrogens is 841 g/mol. The maximum absolute atomic E-state index is 13.7. The van der Waals surface area contributed by atoms with Gasteiger partial charge >= 0.3 is 0 Å². The molecule has 3 aromatic carbocycles. The van der Waals surface area contributed by atoms with Gasteiger partial charge in [-0.15, -0.1) is 0 Å². The molecule has 0 spiro atoms. The summed E-state index contributed by atoms with van der Waals surface area (Å²) in [6.07, 6.45) is -3.84. The van der Waals surface area contributed by atoms with Gasteiger partial charge in [-0.2, -0.15) is 8.42 Å². The molecule has 14 heteroatoms. The zero-order chi connectivity index (χ0) is 57.3. The standard InChI is InChI=1S/C28H39NO6S.C21H32FNO3.CH3F/c1-19(2)14-22-18-29-11-10-21-15-28(27(33-4)16-24(21)25(29)17-26(22)30)34-12-5-13-35-36(31,32)23-8-6-20(3)7-9-23;1-14(2)9-16-13-23-7-5-15-10-21(26-8-4-6-22)20(25-3)11-17(15)18(23)12-19(16)24;1-2/h6-9,15-16,19,22,25-26,30H,5,10-14,17-18H2,1-4H3;10-11,14,16,18-19,24H,4-9,12-13H2,1-3H3;1H3/t22-,25-,26-;16-,18-,19-;/m11./s1/i5D2,12D2,13D2;4D2,6D2,8D2,22-1;2-1. The Morgan fingerprint density at radius 1 is 0.719 bits per heavy atom. The number of aliphatic hydroxyl groups is 2. The second kappa shape index (κ2) is 24.3. The van der Waals surface area contributed by atoms with Crippen molar-refractivity contribution in [3.63, 3.8) is 0 Å². The molecule has 2 fully saturated rings. The highest BCUT2D eigenvalue weighted by Crippen LogP contribution is 2.45. The third-order valence-electron chi connectivity index (χ3n) is 12.3. The molecule has 0 aliphatic carbocycles. The minimum Gasteiger partial charge on any atom is -0.493 e. The van der Waals surface area contributed by atoms with E-state index >= 15 is 0 Å². The third kappa shape index (κ3) is 13.3. The first-order valence-corrected chi connectivity index (χ1v) is 23.2. The summed E-state index contributed by atoms with van der Waals surface area (Å²) in [5.74, 6) is 1.31. The van der Waals surface area contributed by atoms with Crippen molar-refractivity contribution in [2.45, 2.75) is 115 Å². The van der Waals surface area contributed by atoms with Gasteiger partial charge in [0.05, 0.1) is 75.8 Å².